The van der Waals surface area contributed by atoms with Crippen molar-refractivity contribution < 1.29 is 4.74 Å². The van der Waals surface area contributed by atoms with E-state index in [1.54, 1.807) is 0 Å². The fourth-order valence-electron chi connectivity index (χ4n) is 3.62. The second-order valence-corrected chi connectivity index (χ2v) is 7.29. The van der Waals surface area contributed by atoms with Crippen LogP contribution in [0.25, 0.3) is 0 Å². The van der Waals surface area contributed by atoms with Crippen molar-refractivity contribution in [2.24, 2.45) is 10.9 Å². The maximum absolute atomic E-state index is 5.42. The zero-order valence-corrected chi connectivity index (χ0v) is 18.4. The fraction of sp³-hybridized carbons (Fsp3) is 0.650. The number of aliphatic imine (C=N–C) groups is 1. The summed E-state index contributed by atoms with van der Waals surface area (Å²) >= 11 is 0. The summed E-state index contributed by atoms with van der Waals surface area (Å²) in [7, 11) is 1.85. The molecule has 0 atom stereocenters. The molecule has 0 unspecified atom stereocenters. The van der Waals surface area contributed by atoms with Gasteiger partial charge in [-0.25, -0.2) is 0 Å². The Bertz CT molecular complexity index is 549. The van der Waals surface area contributed by atoms with E-state index in [-0.39, 0.29) is 24.0 Å². The summed E-state index contributed by atoms with van der Waals surface area (Å²) in [6.07, 6.45) is 5.13. The van der Waals surface area contributed by atoms with E-state index < -0.39 is 0 Å². The average Bonchev–Trinajstić information content (AvgIpc) is 2.68. The third kappa shape index (κ3) is 6.30. The van der Waals surface area contributed by atoms with Crippen LogP contribution in [-0.4, -0.2) is 45.4 Å². The number of guanidine groups is 1. The lowest BCUT2D eigenvalue weighted by molar-refractivity contribution is 0.122. The van der Waals surface area contributed by atoms with E-state index >= 15 is 0 Å². The summed E-state index contributed by atoms with van der Waals surface area (Å²) in [5.41, 5.74) is 2.56. The van der Waals surface area contributed by atoms with Crippen LogP contribution in [0.3, 0.4) is 0 Å². The van der Waals surface area contributed by atoms with E-state index in [9.17, 15) is 0 Å². The molecule has 0 amide bonds. The van der Waals surface area contributed by atoms with Crippen LogP contribution in [0.5, 0.6) is 0 Å². The Kier molecular flexibility index (Phi) is 8.98. The number of nitrogens with zero attached hydrogens (tertiary/aromatic N) is 2. The summed E-state index contributed by atoms with van der Waals surface area (Å²) in [4.78, 5) is 6.76. The van der Waals surface area contributed by atoms with Gasteiger partial charge in [0.1, 0.15) is 0 Å². The van der Waals surface area contributed by atoms with Crippen molar-refractivity contribution in [1.82, 2.24) is 10.6 Å². The van der Waals surface area contributed by atoms with Gasteiger partial charge in [0, 0.05) is 38.4 Å². The highest BCUT2D eigenvalue weighted by Crippen LogP contribution is 2.23. The summed E-state index contributed by atoms with van der Waals surface area (Å²) in [6, 6.07) is 9.38. The first-order valence-corrected chi connectivity index (χ1v) is 9.63. The lowest BCUT2D eigenvalue weighted by Crippen LogP contribution is -2.44. The summed E-state index contributed by atoms with van der Waals surface area (Å²) in [6.45, 7) is 6.76. The molecule has 0 spiro atoms. The minimum Gasteiger partial charge on any atom is -0.378 e. The molecule has 146 valence electrons. The van der Waals surface area contributed by atoms with Crippen molar-refractivity contribution in [3.8, 4) is 0 Å². The number of morpholine rings is 1. The van der Waals surface area contributed by atoms with Crippen molar-refractivity contribution in [2.45, 2.75) is 45.2 Å². The van der Waals surface area contributed by atoms with Gasteiger partial charge in [-0.3, -0.25) is 4.99 Å². The van der Waals surface area contributed by atoms with Crippen LogP contribution in [0.4, 0.5) is 5.69 Å². The molecule has 0 radical (unpaired) electrons. The normalized spacial score (nSPS) is 23.9. The van der Waals surface area contributed by atoms with Crippen LogP contribution in [-0.2, 0) is 11.3 Å². The third-order valence-corrected chi connectivity index (χ3v) is 5.35. The van der Waals surface area contributed by atoms with Gasteiger partial charge in [-0.05, 0) is 49.3 Å². The maximum Gasteiger partial charge on any atom is 0.191 e. The summed E-state index contributed by atoms with van der Waals surface area (Å²) in [5.74, 6) is 1.79. The largest absolute Gasteiger partial charge is 0.378 e. The first kappa shape index (κ1) is 21.3. The van der Waals surface area contributed by atoms with Crippen LogP contribution in [0, 0.1) is 5.92 Å². The minimum absolute atomic E-state index is 0. The molecule has 2 fully saturated rings. The highest BCUT2D eigenvalue weighted by atomic mass is 127. The number of hydrogen-bond donors (Lipinski definition) is 2. The number of rotatable bonds is 4. The lowest BCUT2D eigenvalue weighted by Gasteiger charge is -2.29. The molecule has 1 saturated heterocycles. The van der Waals surface area contributed by atoms with E-state index in [2.05, 4.69) is 51.7 Å². The van der Waals surface area contributed by atoms with Gasteiger partial charge in [0.15, 0.2) is 5.96 Å². The quantitative estimate of drug-likeness (QED) is 0.401. The third-order valence-electron chi connectivity index (χ3n) is 5.35. The van der Waals surface area contributed by atoms with Gasteiger partial charge in [-0.1, -0.05) is 19.1 Å². The van der Waals surface area contributed by atoms with Crippen molar-refractivity contribution in [3.63, 3.8) is 0 Å². The smallest absolute Gasteiger partial charge is 0.191 e. The van der Waals surface area contributed by atoms with Gasteiger partial charge < -0.3 is 20.3 Å². The van der Waals surface area contributed by atoms with E-state index in [1.807, 2.05) is 7.05 Å². The minimum atomic E-state index is 0. The van der Waals surface area contributed by atoms with E-state index in [1.165, 1.54) is 36.9 Å². The molecule has 0 aromatic heterocycles. The van der Waals surface area contributed by atoms with Crippen LogP contribution in [0.1, 0.15) is 38.2 Å². The van der Waals surface area contributed by atoms with Gasteiger partial charge in [0.25, 0.3) is 0 Å². The molecule has 6 heteroatoms. The van der Waals surface area contributed by atoms with E-state index in [4.69, 9.17) is 4.74 Å². The maximum atomic E-state index is 5.42. The predicted octanol–water partition coefficient (Wildman–Crippen LogP) is 3.38. The van der Waals surface area contributed by atoms with Crippen LogP contribution in [0.2, 0.25) is 0 Å². The zero-order chi connectivity index (χ0) is 17.5. The Hall–Kier alpha value is -1.02. The lowest BCUT2D eigenvalue weighted by atomic mass is 9.87. The summed E-state index contributed by atoms with van der Waals surface area (Å²) < 4.78 is 5.42. The molecule has 1 saturated carbocycles. The molecule has 1 aromatic carbocycles. The Balaban J connectivity index is 0.00000243. The summed E-state index contributed by atoms with van der Waals surface area (Å²) in [5, 5.41) is 7.02. The number of nitrogens with one attached hydrogen (secondary N) is 2. The molecule has 3 rings (SSSR count). The highest BCUT2D eigenvalue weighted by Gasteiger charge is 2.18. The molecule has 1 aliphatic heterocycles. The van der Waals surface area contributed by atoms with Gasteiger partial charge in [0.05, 0.1) is 13.2 Å². The Morgan fingerprint density at radius 1 is 1.12 bits per heavy atom. The Morgan fingerprint density at radius 2 is 1.77 bits per heavy atom. The van der Waals surface area contributed by atoms with Crippen molar-refractivity contribution >= 4 is 35.6 Å². The molecule has 2 N–H and O–H groups in total. The van der Waals surface area contributed by atoms with E-state index in [0.717, 1.165) is 44.7 Å². The van der Waals surface area contributed by atoms with Crippen molar-refractivity contribution in [3.05, 3.63) is 29.8 Å². The number of hydrogen-bond acceptors (Lipinski definition) is 3. The average molecular weight is 472 g/mol. The number of benzene rings is 1. The molecule has 0 bridgehead atoms. The van der Waals surface area contributed by atoms with Crippen LogP contribution >= 0.6 is 24.0 Å². The topological polar surface area (TPSA) is 48.9 Å². The van der Waals surface area contributed by atoms with Crippen molar-refractivity contribution in [1.29, 1.82) is 0 Å². The molecule has 5 nitrogen and oxygen atoms in total. The van der Waals surface area contributed by atoms with Gasteiger partial charge >= 0.3 is 0 Å². The van der Waals surface area contributed by atoms with Gasteiger partial charge in [-0.2, -0.15) is 0 Å². The second kappa shape index (κ2) is 11.0. The molecule has 1 aliphatic carbocycles. The Labute approximate surface area is 175 Å². The van der Waals surface area contributed by atoms with E-state index in [0.29, 0.717) is 6.04 Å². The standard InChI is InChI=1S/C20H32N4O.HI/c1-16-3-7-18(8-4-16)23-20(21-2)22-15-17-5-9-19(10-6-17)24-11-13-25-14-12-24;/h5-6,9-10,16,18H,3-4,7-8,11-15H2,1-2H3,(H2,21,22,23);1H. The molecular weight excluding hydrogens is 439 g/mol. The van der Waals surface area contributed by atoms with Gasteiger partial charge in [-0.15, -0.1) is 24.0 Å². The fourth-order valence-corrected chi connectivity index (χ4v) is 3.62. The number of anilines is 1. The first-order valence-electron chi connectivity index (χ1n) is 9.63. The first-order chi connectivity index (χ1) is 12.2. The van der Waals surface area contributed by atoms with Crippen LogP contribution in [0.15, 0.2) is 29.3 Å². The predicted molar refractivity (Wildman–Crippen MR) is 120 cm³/mol. The molecule has 26 heavy (non-hydrogen) atoms. The monoisotopic (exact) mass is 472 g/mol. The number of halogens is 1. The molecular formula is C20H33IN4O. The Morgan fingerprint density at radius 3 is 2.38 bits per heavy atom. The molecule has 1 heterocycles. The SMILES string of the molecule is CN=C(NCc1ccc(N2CCOCC2)cc1)NC1CCC(C)CC1.I. The number of ether oxygens (including phenoxy) is 1. The second-order valence-electron chi connectivity index (χ2n) is 7.29. The van der Waals surface area contributed by atoms with Gasteiger partial charge in [0.2, 0.25) is 0 Å². The highest BCUT2D eigenvalue weighted by molar-refractivity contribution is 14.0. The molecule has 2 aliphatic rings. The zero-order valence-electron chi connectivity index (χ0n) is 16.0. The molecule has 1 aromatic rings. The van der Waals surface area contributed by atoms with Crippen LogP contribution < -0.4 is 15.5 Å². The van der Waals surface area contributed by atoms with Crippen molar-refractivity contribution in [2.75, 3.05) is 38.3 Å².